The van der Waals surface area contributed by atoms with Gasteiger partial charge in [-0.1, -0.05) is 31.4 Å². The predicted molar refractivity (Wildman–Crippen MR) is 64.5 cm³/mol. The molecule has 2 nitrogen and oxygen atoms in total. The monoisotopic (exact) mass is 217 g/mol. The van der Waals surface area contributed by atoms with E-state index in [1.165, 1.54) is 30.4 Å². The van der Waals surface area contributed by atoms with E-state index in [9.17, 15) is 0 Å². The van der Waals surface area contributed by atoms with Gasteiger partial charge in [0.1, 0.15) is 5.75 Å². The summed E-state index contributed by atoms with van der Waals surface area (Å²) < 4.78 is 5.51. The first-order chi connectivity index (χ1) is 7.83. The van der Waals surface area contributed by atoms with Crippen molar-refractivity contribution in [3.05, 3.63) is 29.3 Å². The highest BCUT2D eigenvalue weighted by atomic mass is 16.5. The lowest BCUT2D eigenvalue weighted by atomic mass is 9.80. The number of benzene rings is 1. The second-order valence-corrected chi connectivity index (χ2v) is 5.10. The summed E-state index contributed by atoms with van der Waals surface area (Å²) in [5.74, 6) is 1.93. The Labute approximate surface area is 96.8 Å². The van der Waals surface area contributed by atoms with Crippen molar-refractivity contribution in [2.24, 2.45) is 11.7 Å². The van der Waals surface area contributed by atoms with Crippen molar-refractivity contribution in [3.8, 4) is 5.75 Å². The van der Waals surface area contributed by atoms with Gasteiger partial charge in [0.2, 0.25) is 0 Å². The van der Waals surface area contributed by atoms with Crippen LogP contribution in [0.1, 0.15) is 42.9 Å². The molecule has 1 unspecified atom stereocenters. The molecule has 1 atom stereocenters. The van der Waals surface area contributed by atoms with Gasteiger partial charge in [-0.15, -0.1) is 0 Å². The average Bonchev–Trinajstić information content (AvgIpc) is 2.69. The molecule has 0 radical (unpaired) electrons. The predicted octanol–water partition coefficient (Wildman–Crippen LogP) is 2.81. The first-order valence-electron chi connectivity index (χ1n) is 6.34. The van der Waals surface area contributed by atoms with Crippen molar-refractivity contribution in [1.29, 1.82) is 0 Å². The van der Waals surface area contributed by atoms with Crippen LogP contribution in [-0.2, 0) is 6.42 Å². The summed E-state index contributed by atoms with van der Waals surface area (Å²) >= 11 is 0. The highest BCUT2D eigenvalue weighted by Gasteiger charge is 2.22. The lowest BCUT2D eigenvalue weighted by Gasteiger charge is -2.28. The van der Waals surface area contributed by atoms with Crippen LogP contribution in [0.5, 0.6) is 5.75 Å². The van der Waals surface area contributed by atoms with Crippen LogP contribution in [0, 0.1) is 5.92 Å². The molecule has 1 heterocycles. The summed E-state index contributed by atoms with van der Waals surface area (Å²) in [5.41, 5.74) is 8.88. The maximum Gasteiger partial charge on any atom is 0.122 e. The maximum absolute atomic E-state index is 6.26. The standard InChI is InChI=1S/C14H19NO/c15-13(8-10-2-1-3-10)11-4-5-14-12(9-11)6-7-16-14/h4-5,9-10,13H,1-3,6-8,15H2. The second-order valence-electron chi connectivity index (χ2n) is 5.10. The lowest BCUT2D eigenvalue weighted by Crippen LogP contribution is -2.20. The minimum atomic E-state index is 0.219. The first-order valence-corrected chi connectivity index (χ1v) is 6.34. The second kappa shape index (κ2) is 4.10. The summed E-state index contributed by atoms with van der Waals surface area (Å²) in [6.45, 7) is 0.830. The van der Waals surface area contributed by atoms with Gasteiger partial charge in [0.25, 0.3) is 0 Å². The third-order valence-electron chi connectivity index (χ3n) is 3.95. The van der Waals surface area contributed by atoms with Crippen LogP contribution in [0.2, 0.25) is 0 Å². The van der Waals surface area contributed by atoms with Gasteiger partial charge < -0.3 is 10.5 Å². The Bertz CT molecular complexity index is 384. The number of fused-ring (bicyclic) bond motifs is 1. The Kier molecular flexibility index (Phi) is 2.60. The lowest BCUT2D eigenvalue weighted by molar-refractivity contribution is 0.277. The normalized spacial score (nSPS) is 21.1. The van der Waals surface area contributed by atoms with E-state index in [1.807, 2.05) is 0 Å². The summed E-state index contributed by atoms with van der Waals surface area (Å²) in [7, 11) is 0. The Hall–Kier alpha value is -1.02. The molecule has 3 rings (SSSR count). The van der Waals surface area contributed by atoms with Gasteiger partial charge in [0.15, 0.2) is 0 Å². The summed E-state index contributed by atoms with van der Waals surface area (Å²) in [4.78, 5) is 0. The minimum Gasteiger partial charge on any atom is -0.493 e. The quantitative estimate of drug-likeness (QED) is 0.845. The molecule has 0 saturated heterocycles. The van der Waals surface area contributed by atoms with Gasteiger partial charge in [-0.05, 0) is 29.5 Å². The number of ether oxygens (including phenoxy) is 1. The SMILES string of the molecule is NC(CC1CCC1)c1ccc2c(c1)CCO2. The molecule has 0 spiro atoms. The molecule has 86 valence electrons. The molecule has 1 aliphatic heterocycles. The minimum absolute atomic E-state index is 0.219. The zero-order valence-electron chi connectivity index (χ0n) is 9.61. The van der Waals surface area contributed by atoms with E-state index in [0.717, 1.165) is 31.1 Å². The third kappa shape index (κ3) is 1.82. The fourth-order valence-electron chi connectivity index (χ4n) is 2.66. The average molecular weight is 217 g/mol. The fraction of sp³-hybridized carbons (Fsp3) is 0.571. The van der Waals surface area contributed by atoms with Gasteiger partial charge in [0, 0.05) is 12.5 Å². The molecule has 1 aromatic carbocycles. The van der Waals surface area contributed by atoms with Crippen LogP contribution in [0.25, 0.3) is 0 Å². The van der Waals surface area contributed by atoms with Gasteiger partial charge in [-0.25, -0.2) is 0 Å². The smallest absolute Gasteiger partial charge is 0.122 e. The largest absolute Gasteiger partial charge is 0.493 e. The van der Waals surface area contributed by atoms with Crippen molar-refractivity contribution < 1.29 is 4.74 Å². The molecule has 1 aromatic rings. The van der Waals surface area contributed by atoms with Crippen molar-refractivity contribution >= 4 is 0 Å². The van der Waals surface area contributed by atoms with Crippen LogP contribution in [-0.4, -0.2) is 6.61 Å². The highest BCUT2D eigenvalue weighted by Crippen LogP contribution is 2.35. The number of nitrogens with two attached hydrogens (primary N) is 1. The van der Waals surface area contributed by atoms with Gasteiger partial charge >= 0.3 is 0 Å². The van der Waals surface area contributed by atoms with Crippen LogP contribution >= 0.6 is 0 Å². The van der Waals surface area contributed by atoms with E-state index in [0.29, 0.717) is 0 Å². The molecule has 0 bridgehead atoms. The van der Waals surface area contributed by atoms with Crippen LogP contribution in [0.3, 0.4) is 0 Å². The molecular weight excluding hydrogens is 198 g/mol. The van der Waals surface area contributed by atoms with E-state index in [-0.39, 0.29) is 6.04 Å². The van der Waals surface area contributed by atoms with Gasteiger partial charge in [-0.3, -0.25) is 0 Å². The Morgan fingerprint density at radius 3 is 3.00 bits per heavy atom. The number of hydrogen-bond donors (Lipinski definition) is 1. The van der Waals surface area contributed by atoms with E-state index < -0.39 is 0 Å². The molecule has 16 heavy (non-hydrogen) atoms. The Balaban J connectivity index is 1.72. The molecule has 0 amide bonds. The van der Waals surface area contributed by atoms with E-state index in [1.54, 1.807) is 0 Å². The number of rotatable bonds is 3. The topological polar surface area (TPSA) is 35.2 Å². The van der Waals surface area contributed by atoms with Crippen molar-refractivity contribution in [2.45, 2.75) is 38.1 Å². The van der Waals surface area contributed by atoms with Crippen molar-refractivity contribution in [1.82, 2.24) is 0 Å². The zero-order valence-corrected chi connectivity index (χ0v) is 9.61. The van der Waals surface area contributed by atoms with E-state index in [2.05, 4.69) is 18.2 Å². The molecule has 2 N–H and O–H groups in total. The molecule has 2 heteroatoms. The highest BCUT2D eigenvalue weighted by molar-refractivity contribution is 5.40. The maximum atomic E-state index is 6.26. The molecule has 1 saturated carbocycles. The van der Waals surface area contributed by atoms with Crippen molar-refractivity contribution in [3.63, 3.8) is 0 Å². The van der Waals surface area contributed by atoms with Gasteiger partial charge in [-0.2, -0.15) is 0 Å². The Morgan fingerprint density at radius 1 is 1.38 bits per heavy atom. The van der Waals surface area contributed by atoms with Crippen LogP contribution in [0.15, 0.2) is 18.2 Å². The molecule has 0 aromatic heterocycles. The Morgan fingerprint density at radius 2 is 2.25 bits per heavy atom. The van der Waals surface area contributed by atoms with Gasteiger partial charge in [0.05, 0.1) is 6.61 Å². The third-order valence-corrected chi connectivity index (χ3v) is 3.95. The van der Waals surface area contributed by atoms with Crippen LogP contribution < -0.4 is 10.5 Å². The van der Waals surface area contributed by atoms with Crippen molar-refractivity contribution in [2.75, 3.05) is 6.61 Å². The molecule has 1 fully saturated rings. The van der Waals surface area contributed by atoms with E-state index >= 15 is 0 Å². The molecular formula is C14H19NO. The molecule has 2 aliphatic rings. The summed E-state index contributed by atoms with van der Waals surface area (Å²) in [6.07, 6.45) is 6.35. The zero-order chi connectivity index (χ0) is 11.0. The first kappa shape index (κ1) is 10.2. The molecule has 1 aliphatic carbocycles. The van der Waals surface area contributed by atoms with E-state index in [4.69, 9.17) is 10.5 Å². The number of hydrogen-bond acceptors (Lipinski definition) is 2. The summed E-state index contributed by atoms with van der Waals surface area (Å²) in [6, 6.07) is 6.67. The summed E-state index contributed by atoms with van der Waals surface area (Å²) in [5, 5.41) is 0. The van der Waals surface area contributed by atoms with Crippen LogP contribution in [0.4, 0.5) is 0 Å². The fourth-order valence-corrected chi connectivity index (χ4v) is 2.66.